The number of aliphatic hydroxyl groups excluding tert-OH is 1. The quantitative estimate of drug-likeness (QED) is 0.644. The van der Waals surface area contributed by atoms with E-state index >= 15 is 0 Å². The van der Waals surface area contributed by atoms with Crippen molar-refractivity contribution in [3.63, 3.8) is 0 Å². The van der Waals surface area contributed by atoms with Crippen LogP contribution in [0.25, 0.3) is 11.0 Å². The van der Waals surface area contributed by atoms with Crippen molar-refractivity contribution in [1.29, 1.82) is 0 Å². The molecule has 1 N–H and O–H groups in total. The third-order valence-electron chi connectivity index (χ3n) is 3.17. The van der Waals surface area contributed by atoms with Gasteiger partial charge in [-0.3, -0.25) is 0 Å². The van der Waals surface area contributed by atoms with E-state index in [2.05, 4.69) is 6.58 Å². The third kappa shape index (κ3) is 1.62. The summed E-state index contributed by atoms with van der Waals surface area (Å²) in [6, 6.07) is 6.83. The Balaban J connectivity index is 2.13. The standard InChI is InChI=1S/C14H12O4/c1-8(7-15)12-6-10-11(17-12)4-2-9-3-5-13(16)18-14(9)10/h2-5,12,15H,1,6-7H2/t12-/m0/s1. The van der Waals surface area contributed by atoms with Crippen molar-refractivity contribution in [2.24, 2.45) is 0 Å². The van der Waals surface area contributed by atoms with Gasteiger partial charge in [-0.1, -0.05) is 6.58 Å². The Morgan fingerprint density at radius 3 is 2.94 bits per heavy atom. The van der Waals surface area contributed by atoms with Crippen molar-refractivity contribution < 1.29 is 14.3 Å². The zero-order valence-corrected chi connectivity index (χ0v) is 9.68. The Kier molecular flexibility index (Phi) is 2.45. The number of benzene rings is 1. The maximum Gasteiger partial charge on any atom is 0.336 e. The fourth-order valence-electron chi connectivity index (χ4n) is 2.19. The lowest BCUT2D eigenvalue weighted by Crippen LogP contribution is -2.17. The van der Waals surface area contributed by atoms with Gasteiger partial charge in [-0.05, 0) is 23.8 Å². The summed E-state index contributed by atoms with van der Waals surface area (Å²) in [4.78, 5) is 11.3. The number of ether oxygens (including phenoxy) is 1. The van der Waals surface area contributed by atoms with E-state index in [0.29, 0.717) is 23.3 Å². The van der Waals surface area contributed by atoms with E-state index in [1.165, 1.54) is 6.07 Å². The normalized spacial score (nSPS) is 17.5. The number of rotatable bonds is 2. The lowest BCUT2D eigenvalue weighted by Gasteiger charge is -2.10. The molecular formula is C14H12O4. The topological polar surface area (TPSA) is 59.7 Å². The van der Waals surface area contributed by atoms with Gasteiger partial charge in [0, 0.05) is 23.4 Å². The molecule has 0 bridgehead atoms. The molecule has 0 spiro atoms. The van der Waals surface area contributed by atoms with Crippen molar-refractivity contribution in [2.75, 3.05) is 6.61 Å². The summed E-state index contributed by atoms with van der Waals surface area (Å²) in [5.74, 6) is 0.691. The van der Waals surface area contributed by atoms with E-state index in [-0.39, 0.29) is 18.3 Å². The van der Waals surface area contributed by atoms with Crippen LogP contribution < -0.4 is 10.4 Å². The van der Waals surface area contributed by atoms with E-state index in [4.69, 9.17) is 14.3 Å². The summed E-state index contributed by atoms with van der Waals surface area (Å²) in [7, 11) is 0. The molecule has 4 heteroatoms. The van der Waals surface area contributed by atoms with Gasteiger partial charge in [0.05, 0.1) is 6.61 Å². The van der Waals surface area contributed by atoms with Gasteiger partial charge in [-0.2, -0.15) is 0 Å². The molecule has 1 aliphatic rings. The van der Waals surface area contributed by atoms with Crippen LogP contribution in [0.5, 0.6) is 5.75 Å². The largest absolute Gasteiger partial charge is 0.485 e. The summed E-state index contributed by atoms with van der Waals surface area (Å²) in [5, 5.41) is 9.95. The van der Waals surface area contributed by atoms with Crippen LogP contribution in [0.4, 0.5) is 0 Å². The third-order valence-corrected chi connectivity index (χ3v) is 3.17. The van der Waals surface area contributed by atoms with E-state index in [9.17, 15) is 4.79 Å². The second kappa shape index (κ2) is 3.99. The van der Waals surface area contributed by atoms with Crippen LogP contribution >= 0.6 is 0 Å². The average molecular weight is 244 g/mol. The van der Waals surface area contributed by atoms with Crippen LogP contribution in [-0.4, -0.2) is 17.8 Å². The maximum absolute atomic E-state index is 11.3. The average Bonchev–Trinajstić information content (AvgIpc) is 2.82. The molecule has 0 fully saturated rings. The molecular weight excluding hydrogens is 232 g/mol. The highest BCUT2D eigenvalue weighted by Gasteiger charge is 2.27. The van der Waals surface area contributed by atoms with Gasteiger partial charge in [-0.15, -0.1) is 0 Å². The van der Waals surface area contributed by atoms with Crippen molar-refractivity contribution in [1.82, 2.24) is 0 Å². The molecule has 18 heavy (non-hydrogen) atoms. The van der Waals surface area contributed by atoms with Crippen LogP contribution in [0.2, 0.25) is 0 Å². The Morgan fingerprint density at radius 2 is 2.17 bits per heavy atom. The molecule has 0 unspecified atom stereocenters. The van der Waals surface area contributed by atoms with E-state index in [1.807, 2.05) is 12.1 Å². The minimum Gasteiger partial charge on any atom is -0.485 e. The molecule has 3 rings (SSSR count). The first kappa shape index (κ1) is 11.0. The summed E-state index contributed by atoms with van der Waals surface area (Å²) in [6.07, 6.45) is 0.319. The molecule has 1 aromatic carbocycles. The monoisotopic (exact) mass is 244 g/mol. The second-order valence-corrected chi connectivity index (χ2v) is 4.34. The molecule has 0 amide bonds. The summed E-state index contributed by atoms with van der Waals surface area (Å²) < 4.78 is 10.9. The molecule has 2 aromatic rings. The van der Waals surface area contributed by atoms with Crippen molar-refractivity contribution in [2.45, 2.75) is 12.5 Å². The van der Waals surface area contributed by atoms with E-state index in [1.54, 1.807) is 6.07 Å². The predicted octanol–water partition coefficient (Wildman–Crippen LogP) is 1.64. The lowest BCUT2D eigenvalue weighted by atomic mass is 10.0. The smallest absolute Gasteiger partial charge is 0.336 e. The highest BCUT2D eigenvalue weighted by molar-refractivity contribution is 5.82. The van der Waals surface area contributed by atoms with Crippen LogP contribution in [0.1, 0.15) is 5.56 Å². The zero-order chi connectivity index (χ0) is 12.7. The molecule has 0 saturated carbocycles. The van der Waals surface area contributed by atoms with Gasteiger partial charge in [0.15, 0.2) is 0 Å². The number of aliphatic hydroxyl groups is 1. The summed E-state index contributed by atoms with van der Waals surface area (Å²) in [6.45, 7) is 3.66. The Morgan fingerprint density at radius 1 is 1.39 bits per heavy atom. The fraction of sp³-hybridized carbons (Fsp3) is 0.214. The lowest BCUT2D eigenvalue weighted by molar-refractivity contribution is 0.234. The second-order valence-electron chi connectivity index (χ2n) is 4.34. The van der Waals surface area contributed by atoms with Crippen molar-refractivity contribution in [3.8, 4) is 5.75 Å². The highest BCUT2D eigenvalue weighted by atomic mass is 16.5. The maximum atomic E-state index is 11.3. The fourth-order valence-corrected chi connectivity index (χ4v) is 2.19. The zero-order valence-electron chi connectivity index (χ0n) is 9.68. The molecule has 2 heterocycles. The minimum atomic E-state index is -0.375. The highest BCUT2D eigenvalue weighted by Crippen LogP contribution is 2.36. The predicted molar refractivity (Wildman–Crippen MR) is 66.8 cm³/mol. The minimum absolute atomic E-state index is 0.111. The van der Waals surface area contributed by atoms with Crippen LogP contribution in [0, 0.1) is 0 Å². The summed E-state index contributed by atoms with van der Waals surface area (Å²) >= 11 is 0. The number of hydrogen-bond donors (Lipinski definition) is 1. The van der Waals surface area contributed by atoms with Crippen LogP contribution in [0.15, 0.2) is 45.6 Å². The number of hydrogen-bond acceptors (Lipinski definition) is 4. The van der Waals surface area contributed by atoms with Crippen LogP contribution in [-0.2, 0) is 6.42 Å². The summed E-state index contributed by atoms with van der Waals surface area (Å²) in [5.41, 5.74) is 1.68. The molecule has 0 aliphatic carbocycles. The first-order valence-electron chi connectivity index (χ1n) is 5.70. The first-order chi connectivity index (χ1) is 8.69. The van der Waals surface area contributed by atoms with Gasteiger partial charge in [0.2, 0.25) is 0 Å². The Hall–Kier alpha value is -2.07. The molecule has 1 aromatic heterocycles. The molecule has 4 nitrogen and oxygen atoms in total. The molecule has 1 atom stereocenters. The van der Waals surface area contributed by atoms with Gasteiger partial charge in [0.25, 0.3) is 0 Å². The molecule has 0 saturated heterocycles. The van der Waals surface area contributed by atoms with Crippen molar-refractivity contribution in [3.05, 3.63) is 52.4 Å². The van der Waals surface area contributed by atoms with Gasteiger partial charge < -0.3 is 14.3 Å². The van der Waals surface area contributed by atoms with E-state index < -0.39 is 0 Å². The van der Waals surface area contributed by atoms with Crippen molar-refractivity contribution >= 4 is 11.0 Å². The van der Waals surface area contributed by atoms with Gasteiger partial charge in [0.1, 0.15) is 17.4 Å². The molecule has 92 valence electrons. The number of fused-ring (bicyclic) bond motifs is 3. The SMILES string of the molecule is C=C(CO)[C@@H]1Cc2c(ccc3ccc(=O)oc23)O1. The molecule has 1 aliphatic heterocycles. The van der Waals surface area contributed by atoms with Gasteiger partial charge in [-0.25, -0.2) is 4.79 Å². The van der Waals surface area contributed by atoms with Gasteiger partial charge >= 0.3 is 5.63 Å². The molecule has 0 radical (unpaired) electrons. The first-order valence-corrected chi connectivity index (χ1v) is 5.70. The van der Waals surface area contributed by atoms with E-state index in [0.717, 1.165) is 10.9 Å². The Labute approximate surface area is 103 Å². The Bertz CT molecular complexity index is 684. The van der Waals surface area contributed by atoms with Crippen LogP contribution in [0.3, 0.4) is 0 Å².